The minimum atomic E-state index is 1.17. The third-order valence-electron chi connectivity index (χ3n) is 2.94. The molecule has 0 aliphatic rings. The maximum atomic E-state index is 2.53. The summed E-state index contributed by atoms with van der Waals surface area (Å²) in [5.41, 5.74) is 5.65. The van der Waals surface area contributed by atoms with Crippen LogP contribution in [-0.4, -0.2) is 13.1 Å². The van der Waals surface area contributed by atoms with Gasteiger partial charge in [0.2, 0.25) is 0 Å². The first-order chi connectivity index (χ1) is 7.60. The summed E-state index contributed by atoms with van der Waals surface area (Å²) in [5, 5.41) is 0. The van der Waals surface area contributed by atoms with Crippen LogP contribution in [0.4, 0.5) is 5.69 Å². The molecule has 1 aromatic rings. The first-order valence-corrected chi connectivity index (χ1v) is 6.42. The van der Waals surface area contributed by atoms with Gasteiger partial charge in [0.05, 0.1) is 0 Å². The van der Waals surface area contributed by atoms with Crippen molar-refractivity contribution in [3.05, 3.63) is 28.8 Å². The lowest BCUT2D eigenvalue weighted by molar-refractivity contribution is 0.740. The van der Waals surface area contributed by atoms with Gasteiger partial charge in [0.15, 0.2) is 0 Å². The first kappa shape index (κ1) is 13.1. The van der Waals surface area contributed by atoms with Crippen LogP contribution in [0.5, 0.6) is 0 Å². The molecule has 0 aliphatic carbocycles. The number of hydrogen-bond donors (Lipinski definition) is 0. The summed E-state index contributed by atoms with van der Waals surface area (Å²) in [6.07, 6.45) is 2.43. The highest BCUT2D eigenvalue weighted by molar-refractivity contribution is 5.60. The maximum Gasteiger partial charge on any atom is 0.0425 e. The van der Waals surface area contributed by atoms with E-state index in [1.807, 2.05) is 0 Å². The molecule has 0 N–H and O–H groups in total. The summed E-state index contributed by atoms with van der Waals surface area (Å²) in [6, 6.07) is 4.58. The van der Waals surface area contributed by atoms with Crippen LogP contribution in [0.1, 0.15) is 43.4 Å². The van der Waals surface area contributed by atoms with Gasteiger partial charge in [0.25, 0.3) is 0 Å². The summed E-state index contributed by atoms with van der Waals surface area (Å²) in [4.78, 5) is 2.53. The molecule has 1 rings (SSSR count). The number of hydrogen-bond acceptors (Lipinski definition) is 1. The normalized spacial score (nSPS) is 10.6. The lowest BCUT2D eigenvalue weighted by Crippen LogP contribution is -2.26. The van der Waals surface area contributed by atoms with E-state index >= 15 is 0 Å². The highest BCUT2D eigenvalue weighted by Crippen LogP contribution is 2.26. The van der Waals surface area contributed by atoms with Gasteiger partial charge in [-0.25, -0.2) is 0 Å². The molecule has 0 aliphatic heterocycles. The second-order valence-corrected chi connectivity index (χ2v) is 4.73. The summed E-state index contributed by atoms with van der Waals surface area (Å²) in [6.45, 7) is 13.5. The van der Waals surface area contributed by atoms with Crippen LogP contribution in [0.3, 0.4) is 0 Å². The van der Waals surface area contributed by atoms with Crippen molar-refractivity contribution in [2.24, 2.45) is 0 Å². The SMILES string of the molecule is CCCN(CCC)c1c(C)cc(C)cc1C. The molecule has 0 atom stereocenters. The van der Waals surface area contributed by atoms with E-state index in [-0.39, 0.29) is 0 Å². The van der Waals surface area contributed by atoms with Gasteiger partial charge in [-0.05, 0) is 44.7 Å². The minimum absolute atomic E-state index is 1.17. The second-order valence-electron chi connectivity index (χ2n) is 4.73. The third-order valence-corrected chi connectivity index (χ3v) is 2.94. The summed E-state index contributed by atoms with van der Waals surface area (Å²) >= 11 is 0. The monoisotopic (exact) mass is 219 g/mol. The fourth-order valence-electron chi connectivity index (χ4n) is 2.55. The number of aryl methyl sites for hydroxylation is 3. The Hall–Kier alpha value is -0.980. The molecule has 0 amide bonds. The Morgan fingerprint density at radius 1 is 0.875 bits per heavy atom. The quantitative estimate of drug-likeness (QED) is 0.716. The summed E-state index contributed by atoms with van der Waals surface area (Å²) in [7, 11) is 0. The molecule has 0 bridgehead atoms. The molecule has 1 nitrogen and oxygen atoms in total. The molecular formula is C15H25N. The Morgan fingerprint density at radius 2 is 1.31 bits per heavy atom. The zero-order chi connectivity index (χ0) is 12.1. The molecule has 90 valence electrons. The predicted molar refractivity (Wildman–Crippen MR) is 73.4 cm³/mol. The molecule has 1 aromatic carbocycles. The van der Waals surface area contributed by atoms with Crippen molar-refractivity contribution in [3.63, 3.8) is 0 Å². The van der Waals surface area contributed by atoms with Crippen LogP contribution in [0.2, 0.25) is 0 Å². The van der Waals surface area contributed by atoms with E-state index in [0.29, 0.717) is 0 Å². The summed E-state index contributed by atoms with van der Waals surface area (Å²) in [5.74, 6) is 0. The van der Waals surface area contributed by atoms with Crippen molar-refractivity contribution in [2.75, 3.05) is 18.0 Å². The fraction of sp³-hybridized carbons (Fsp3) is 0.600. The van der Waals surface area contributed by atoms with Crippen LogP contribution in [-0.2, 0) is 0 Å². The Bertz CT molecular complexity index is 312. The second kappa shape index (κ2) is 5.93. The van der Waals surface area contributed by atoms with E-state index in [1.54, 1.807) is 0 Å². The van der Waals surface area contributed by atoms with Gasteiger partial charge in [-0.15, -0.1) is 0 Å². The highest BCUT2D eigenvalue weighted by atomic mass is 15.1. The molecule has 0 spiro atoms. The van der Waals surface area contributed by atoms with Crippen LogP contribution in [0, 0.1) is 20.8 Å². The van der Waals surface area contributed by atoms with Gasteiger partial charge in [-0.1, -0.05) is 31.5 Å². The average Bonchev–Trinajstić information content (AvgIpc) is 2.16. The Balaban J connectivity index is 3.07. The lowest BCUT2D eigenvalue weighted by atomic mass is 10.0. The number of rotatable bonds is 5. The number of nitrogens with zero attached hydrogens (tertiary/aromatic N) is 1. The number of benzene rings is 1. The molecule has 0 aromatic heterocycles. The molecular weight excluding hydrogens is 194 g/mol. The third kappa shape index (κ3) is 3.01. The standard InChI is InChI=1S/C15H25N/c1-6-8-16(9-7-2)15-13(4)10-12(3)11-14(15)5/h10-11H,6-9H2,1-5H3. The predicted octanol–water partition coefficient (Wildman–Crippen LogP) is 4.24. The Kier molecular flexibility index (Phi) is 4.85. The molecule has 0 radical (unpaired) electrons. The van der Waals surface area contributed by atoms with Crippen molar-refractivity contribution in [3.8, 4) is 0 Å². The minimum Gasteiger partial charge on any atom is -0.371 e. The van der Waals surface area contributed by atoms with Crippen molar-refractivity contribution >= 4 is 5.69 Å². The smallest absolute Gasteiger partial charge is 0.0425 e. The fourth-order valence-corrected chi connectivity index (χ4v) is 2.55. The van der Waals surface area contributed by atoms with Crippen LogP contribution < -0.4 is 4.90 Å². The van der Waals surface area contributed by atoms with Gasteiger partial charge in [0, 0.05) is 18.8 Å². The molecule has 1 heteroatoms. The van der Waals surface area contributed by atoms with E-state index < -0.39 is 0 Å². The van der Waals surface area contributed by atoms with E-state index in [2.05, 4.69) is 51.7 Å². The van der Waals surface area contributed by atoms with Gasteiger partial charge < -0.3 is 4.90 Å². The zero-order valence-corrected chi connectivity index (χ0v) is 11.4. The molecule has 0 fully saturated rings. The van der Waals surface area contributed by atoms with Gasteiger partial charge >= 0.3 is 0 Å². The van der Waals surface area contributed by atoms with Gasteiger partial charge in [0.1, 0.15) is 0 Å². The maximum absolute atomic E-state index is 2.53. The van der Waals surface area contributed by atoms with Gasteiger partial charge in [-0.3, -0.25) is 0 Å². The molecule has 16 heavy (non-hydrogen) atoms. The average molecular weight is 219 g/mol. The van der Waals surface area contributed by atoms with Crippen LogP contribution in [0.15, 0.2) is 12.1 Å². The lowest BCUT2D eigenvalue weighted by Gasteiger charge is -2.27. The zero-order valence-electron chi connectivity index (χ0n) is 11.4. The van der Waals surface area contributed by atoms with Crippen molar-refractivity contribution in [1.29, 1.82) is 0 Å². The highest BCUT2D eigenvalue weighted by Gasteiger charge is 2.10. The van der Waals surface area contributed by atoms with E-state index in [9.17, 15) is 0 Å². The number of anilines is 1. The Morgan fingerprint density at radius 3 is 1.69 bits per heavy atom. The molecule has 0 heterocycles. The van der Waals surface area contributed by atoms with Gasteiger partial charge in [-0.2, -0.15) is 0 Å². The topological polar surface area (TPSA) is 3.24 Å². The first-order valence-electron chi connectivity index (χ1n) is 6.42. The van der Waals surface area contributed by atoms with E-state index in [1.165, 1.54) is 48.3 Å². The van der Waals surface area contributed by atoms with Crippen LogP contribution in [0.25, 0.3) is 0 Å². The van der Waals surface area contributed by atoms with E-state index in [4.69, 9.17) is 0 Å². The largest absolute Gasteiger partial charge is 0.371 e. The Labute approximate surface area is 100 Å². The molecule has 0 saturated carbocycles. The van der Waals surface area contributed by atoms with Crippen molar-refractivity contribution in [2.45, 2.75) is 47.5 Å². The van der Waals surface area contributed by atoms with Crippen molar-refractivity contribution < 1.29 is 0 Å². The van der Waals surface area contributed by atoms with Crippen LogP contribution >= 0.6 is 0 Å². The molecule has 0 saturated heterocycles. The molecule has 0 unspecified atom stereocenters. The van der Waals surface area contributed by atoms with Crippen molar-refractivity contribution in [1.82, 2.24) is 0 Å². The summed E-state index contributed by atoms with van der Waals surface area (Å²) < 4.78 is 0. The van der Waals surface area contributed by atoms with E-state index in [0.717, 1.165) is 0 Å².